The number of rotatable bonds is 5. The van der Waals surface area contributed by atoms with Crippen molar-refractivity contribution < 1.29 is 24.0 Å². The Bertz CT molecular complexity index is 721. The van der Waals surface area contributed by atoms with E-state index in [2.05, 4.69) is 11.8 Å². The van der Waals surface area contributed by atoms with E-state index in [9.17, 15) is 13.2 Å². The zero-order valence-electron chi connectivity index (χ0n) is 15.0. The quantitative estimate of drug-likeness (QED) is 0.330. The van der Waals surface area contributed by atoms with Crippen LogP contribution in [-0.2, 0) is 17.0 Å². The van der Waals surface area contributed by atoms with Gasteiger partial charge in [-0.1, -0.05) is 11.8 Å². The van der Waals surface area contributed by atoms with Gasteiger partial charge in [-0.25, -0.2) is 0 Å². The number of benzene rings is 1. The van der Waals surface area contributed by atoms with E-state index < -0.39 is 11.7 Å². The number of nitrogens with zero attached hydrogens (tertiary/aromatic N) is 1. The molecule has 1 aromatic carbocycles. The molecule has 1 aromatic rings. The molecule has 2 fully saturated rings. The molecule has 0 atom stereocenters. The van der Waals surface area contributed by atoms with E-state index >= 15 is 0 Å². The summed E-state index contributed by atoms with van der Waals surface area (Å²) in [6.45, 7) is 1.28. The molecule has 0 N–H and O–H groups in total. The van der Waals surface area contributed by atoms with Crippen LogP contribution in [0.1, 0.15) is 36.8 Å². The van der Waals surface area contributed by atoms with Crippen LogP contribution in [0.2, 0.25) is 0 Å². The van der Waals surface area contributed by atoms with Crippen molar-refractivity contribution in [2.45, 2.75) is 50.2 Å². The maximum Gasteiger partial charge on any atom is 0.418 e. The van der Waals surface area contributed by atoms with Crippen molar-refractivity contribution >= 4 is 51.7 Å². The molecule has 1 heterocycles. The van der Waals surface area contributed by atoms with Crippen LogP contribution in [0.4, 0.5) is 18.9 Å². The summed E-state index contributed by atoms with van der Waals surface area (Å²) in [6.07, 6.45) is -0.631. The molecule has 1 aliphatic heterocycles. The van der Waals surface area contributed by atoms with Gasteiger partial charge in [-0.3, -0.25) is 0 Å². The molecule has 1 saturated heterocycles. The first-order chi connectivity index (χ1) is 13.4. The molecule has 0 amide bonds. The Kier molecular flexibility index (Phi) is 8.12. The van der Waals surface area contributed by atoms with Crippen LogP contribution in [0.15, 0.2) is 18.2 Å². The maximum atomic E-state index is 13.5. The SMILES string of the molecule is FC(F)(F)c1ccc(C#CCOI)cc1N1CCC(OC2CC(OI)C2)CC1. The van der Waals surface area contributed by atoms with E-state index in [1.165, 1.54) is 12.1 Å². The van der Waals surface area contributed by atoms with Crippen LogP contribution >= 0.6 is 46.0 Å². The monoisotopic (exact) mass is 621 g/mol. The highest BCUT2D eigenvalue weighted by molar-refractivity contribution is 14.1. The summed E-state index contributed by atoms with van der Waals surface area (Å²) in [5.74, 6) is 5.63. The molecule has 3 rings (SSSR count). The highest BCUT2D eigenvalue weighted by Gasteiger charge is 2.37. The Balaban J connectivity index is 1.66. The van der Waals surface area contributed by atoms with Crippen LogP contribution in [0.3, 0.4) is 0 Å². The molecular formula is C19H20F3I2NO3. The average Bonchev–Trinajstić information content (AvgIpc) is 2.64. The summed E-state index contributed by atoms with van der Waals surface area (Å²) in [4.78, 5) is 1.79. The van der Waals surface area contributed by atoms with Gasteiger partial charge in [-0.2, -0.15) is 13.2 Å². The van der Waals surface area contributed by atoms with Crippen LogP contribution in [0.25, 0.3) is 0 Å². The molecule has 9 heteroatoms. The second-order valence-electron chi connectivity index (χ2n) is 6.91. The zero-order chi connectivity index (χ0) is 20.1. The predicted octanol–water partition coefficient (Wildman–Crippen LogP) is 5.31. The van der Waals surface area contributed by atoms with E-state index in [0.29, 0.717) is 31.5 Å². The van der Waals surface area contributed by atoms with Crippen molar-refractivity contribution in [3.05, 3.63) is 29.3 Å². The standard InChI is InChI=1S/C19H20F3I2NO3/c20-19(21,22)17-4-3-13(2-1-9-26-23)10-18(17)25-7-5-14(6-8-25)27-15-11-16(12-15)28-24/h3-4,10,14-16H,5-9,11-12H2. The van der Waals surface area contributed by atoms with Crippen molar-refractivity contribution in [3.8, 4) is 11.8 Å². The lowest BCUT2D eigenvalue weighted by Gasteiger charge is -2.40. The molecule has 4 nitrogen and oxygen atoms in total. The second-order valence-corrected chi connectivity index (χ2v) is 8.04. The number of alkyl halides is 3. The van der Waals surface area contributed by atoms with Gasteiger partial charge in [0.1, 0.15) is 52.6 Å². The van der Waals surface area contributed by atoms with Crippen LogP contribution < -0.4 is 4.90 Å². The zero-order valence-corrected chi connectivity index (χ0v) is 19.3. The third-order valence-electron chi connectivity index (χ3n) is 5.01. The van der Waals surface area contributed by atoms with Crippen molar-refractivity contribution in [1.82, 2.24) is 0 Å². The first-order valence-electron chi connectivity index (χ1n) is 9.02. The lowest BCUT2D eigenvalue weighted by Crippen LogP contribution is -2.43. The minimum atomic E-state index is -4.40. The van der Waals surface area contributed by atoms with Crippen molar-refractivity contribution in [2.75, 3.05) is 24.6 Å². The van der Waals surface area contributed by atoms with Gasteiger partial charge < -0.3 is 15.8 Å². The Morgan fingerprint density at radius 3 is 2.39 bits per heavy atom. The first-order valence-corrected chi connectivity index (χ1v) is 10.8. The van der Waals surface area contributed by atoms with Gasteiger partial charge in [0.2, 0.25) is 0 Å². The number of halogens is 5. The number of hydrogen-bond acceptors (Lipinski definition) is 4. The molecular weight excluding hydrogens is 601 g/mol. The lowest BCUT2D eigenvalue weighted by molar-refractivity contribution is -0.137. The minimum Gasteiger partial charge on any atom is -0.375 e. The summed E-state index contributed by atoms with van der Waals surface area (Å²) in [6, 6.07) is 4.05. The molecule has 154 valence electrons. The summed E-state index contributed by atoms with van der Waals surface area (Å²) < 4.78 is 56.6. The number of ether oxygens (including phenoxy) is 1. The van der Waals surface area contributed by atoms with E-state index in [-0.39, 0.29) is 30.6 Å². The highest BCUT2D eigenvalue weighted by atomic mass is 127. The Hall–Kier alpha value is -0.290. The van der Waals surface area contributed by atoms with Crippen LogP contribution in [0, 0.1) is 11.8 Å². The first kappa shape index (κ1) is 22.4. The lowest BCUT2D eigenvalue weighted by atomic mass is 9.91. The number of piperidine rings is 1. The highest BCUT2D eigenvalue weighted by Crippen LogP contribution is 2.38. The van der Waals surface area contributed by atoms with Gasteiger partial charge in [-0.15, -0.1) is 0 Å². The Morgan fingerprint density at radius 2 is 1.79 bits per heavy atom. The largest absolute Gasteiger partial charge is 0.418 e. The van der Waals surface area contributed by atoms with E-state index in [4.69, 9.17) is 10.9 Å². The van der Waals surface area contributed by atoms with Crippen LogP contribution in [0.5, 0.6) is 0 Å². The maximum absolute atomic E-state index is 13.5. The fourth-order valence-electron chi connectivity index (χ4n) is 3.48. The van der Waals surface area contributed by atoms with E-state index in [1.54, 1.807) is 27.9 Å². The summed E-state index contributed by atoms with van der Waals surface area (Å²) in [5.41, 5.74) is 0.118. The van der Waals surface area contributed by atoms with Crippen LogP contribution in [-0.4, -0.2) is 38.0 Å². The summed E-state index contributed by atoms with van der Waals surface area (Å²) in [5, 5.41) is 0. The third kappa shape index (κ3) is 5.87. The summed E-state index contributed by atoms with van der Waals surface area (Å²) >= 11 is 3.64. The Labute approximate surface area is 190 Å². The molecule has 0 spiro atoms. The molecule has 0 bridgehead atoms. The molecule has 2 aliphatic rings. The topological polar surface area (TPSA) is 30.9 Å². The predicted molar refractivity (Wildman–Crippen MR) is 117 cm³/mol. The van der Waals surface area contributed by atoms with E-state index in [0.717, 1.165) is 18.9 Å². The molecule has 28 heavy (non-hydrogen) atoms. The Morgan fingerprint density at radius 1 is 1.07 bits per heavy atom. The number of anilines is 1. The molecule has 0 radical (unpaired) electrons. The molecule has 0 unspecified atom stereocenters. The second kappa shape index (κ2) is 10.1. The minimum absolute atomic E-state index is 0.0922. The van der Waals surface area contributed by atoms with Gasteiger partial charge in [0.25, 0.3) is 0 Å². The van der Waals surface area contributed by atoms with Crippen molar-refractivity contribution in [2.24, 2.45) is 0 Å². The fourth-order valence-corrected chi connectivity index (χ4v) is 4.05. The van der Waals surface area contributed by atoms with Gasteiger partial charge in [0.05, 0.1) is 29.6 Å². The van der Waals surface area contributed by atoms with E-state index in [1.807, 2.05) is 23.0 Å². The van der Waals surface area contributed by atoms with Gasteiger partial charge in [0.15, 0.2) is 0 Å². The number of hydrogen-bond donors (Lipinski definition) is 0. The van der Waals surface area contributed by atoms with Gasteiger partial charge in [-0.05, 0) is 31.0 Å². The van der Waals surface area contributed by atoms with Crippen molar-refractivity contribution in [3.63, 3.8) is 0 Å². The van der Waals surface area contributed by atoms with Gasteiger partial charge >= 0.3 is 6.18 Å². The third-order valence-corrected chi connectivity index (χ3v) is 6.04. The van der Waals surface area contributed by atoms with Crippen molar-refractivity contribution in [1.29, 1.82) is 0 Å². The molecule has 0 aromatic heterocycles. The fraction of sp³-hybridized carbons (Fsp3) is 0.579. The smallest absolute Gasteiger partial charge is 0.375 e. The average molecular weight is 621 g/mol. The van der Waals surface area contributed by atoms with Gasteiger partial charge in [0, 0.05) is 31.5 Å². The molecule has 1 aliphatic carbocycles. The normalized spacial score (nSPS) is 23.1. The summed E-state index contributed by atoms with van der Waals surface area (Å²) in [7, 11) is 0. The molecule has 1 saturated carbocycles.